The van der Waals surface area contributed by atoms with Gasteiger partial charge in [0.2, 0.25) is 0 Å². The maximum absolute atomic E-state index is 5.28. The first-order chi connectivity index (χ1) is 9.40. The predicted molar refractivity (Wildman–Crippen MR) is 76.2 cm³/mol. The van der Waals surface area contributed by atoms with Crippen LogP contribution < -0.4 is 0 Å². The van der Waals surface area contributed by atoms with Crippen molar-refractivity contribution in [1.82, 2.24) is 19.7 Å². The number of fused-ring (bicyclic) bond motifs is 1. The van der Waals surface area contributed by atoms with E-state index in [0.717, 1.165) is 21.7 Å². The van der Waals surface area contributed by atoms with Crippen molar-refractivity contribution in [3.8, 4) is 18.0 Å². The molecule has 0 fully saturated rings. The molecule has 0 unspecified atom stereocenters. The molecule has 0 aliphatic carbocycles. The maximum Gasteiger partial charge on any atom is 0.167 e. The van der Waals surface area contributed by atoms with Crippen molar-refractivity contribution in [3.63, 3.8) is 0 Å². The first kappa shape index (κ1) is 11.8. The summed E-state index contributed by atoms with van der Waals surface area (Å²) in [7, 11) is 0. The van der Waals surface area contributed by atoms with Crippen LogP contribution in [0.15, 0.2) is 47.9 Å². The van der Waals surface area contributed by atoms with Crippen molar-refractivity contribution in [1.29, 1.82) is 0 Å². The van der Waals surface area contributed by atoms with Gasteiger partial charge in [0.25, 0.3) is 0 Å². The SMILES string of the molecule is C#CCSc1ncnc2c1cnn2-c1ccccc1. The Morgan fingerprint density at radius 1 is 1.21 bits per heavy atom. The number of rotatable bonds is 3. The van der Waals surface area contributed by atoms with Crippen LogP contribution >= 0.6 is 11.8 Å². The zero-order valence-electron chi connectivity index (χ0n) is 10.0. The van der Waals surface area contributed by atoms with Crippen LogP contribution in [0.5, 0.6) is 0 Å². The van der Waals surface area contributed by atoms with Crippen LogP contribution in [0.25, 0.3) is 16.7 Å². The predicted octanol–water partition coefficient (Wildman–Crippen LogP) is 2.54. The van der Waals surface area contributed by atoms with Crippen LogP contribution in [0.4, 0.5) is 0 Å². The van der Waals surface area contributed by atoms with Crippen molar-refractivity contribution in [2.45, 2.75) is 5.03 Å². The van der Waals surface area contributed by atoms with Crippen LogP contribution in [0, 0.1) is 12.3 Å². The van der Waals surface area contributed by atoms with Crippen molar-refractivity contribution in [2.75, 3.05) is 5.75 Å². The van der Waals surface area contributed by atoms with Gasteiger partial charge in [0.05, 0.1) is 23.0 Å². The molecule has 4 nitrogen and oxygen atoms in total. The van der Waals surface area contributed by atoms with Gasteiger partial charge in [-0.15, -0.1) is 6.42 Å². The van der Waals surface area contributed by atoms with Gasteiger partial charge in [-0.1, -0.05) is 35.9 Å². The van der Waals surface area contributed by atoms with Crippen LogP contribution in [0.3, 0.4) is 0 Å². The normalized spacial score (nSPS) is 10.5. The number of nitrogens with zero attached hydrogens (tertiary/aromatic N) is 4. The molecule has 3 rings (SSSR count). The molecule has 0 aliphatic heterocycles. The lowest BCUT2D eigenvalue weighted by molar-refractivity contribution is 0.893. The molecular weight excluding hydrogens is 256 g/mol. The van der Waals surface area contributed by atoms with E-state index in [1.165, 1.54) is 11.8 Å². The fourth-order valence-electron chi connectivity index (χ4n) is 1.81. The third-order valence-electron chi connectivity index (χ3n) is 2.62. The number of hydrogen-bond acceptors (Lipinski definition) is 4. The second-order valence-electron chi connectivity index (χ2n) is 3.80. The lowest BCUT2D eigenvalue weighted by Crippen LogP contribution is -1.97. The van der Waals surface area contributed by atoms with Gasteiger partial charge in [0, 0.05) is 0 Å². The van der Waals surface area contributed by atoms with Gasteiger partial charge >= 0.3 is 0 Å². The minimum absolute atomic E-state index is 0.586. The van der Waals surface area contributed by atoms with Crippen LogP contribution in [-0.4, -0.2) is 25.5 Å². The summed E-state index contributed by atoms with van der Waals surface area (Å²) in [6.45, 7) is 0. The van der Waals surface area contributed by atoms with Crippen LogP contribution in [0.1, 0.15) is 0 Å². The number of hydrogen-bond donors (Lipinski definition) is 0. The summed E-state index contributed by atoms with van der Waals surface area (Å²) in [5.41, 5.74) is 1.77. The highest BCUT2D eigenvalue weighted by atomic mass is 32.2. The zero-order chi connectivity index (χ0) is 13.1. The van der Waals surface area contributed by atoms with E-state index in [1.54, 1.807) is 17.2 Å². The molecule has 2 heterocycles. The number of terminal acetylenes is 1. The second kappa shape index (κ2) is 5.12. The van der Waals surface area contributed by atoms with Crippen molar-refractivity contribution in [3.05, 3.63) is 42.9 Å². The molecule has 0 saturated carbocycles. The summed E-state index contributed by atoms with van der Waals surface area (Å²) in [5.74, 6) is 3.18. The third kappa shape index (κ3) is 2.18. The van der Waals surface area contributed by atoms with Crippen LogP contribution in [0.2, 0.25) is 0 Å². The number of aromatic nitrogens is 4. The summed E-state index contributed by atoms with van der Waals surface area (Å²) >= 11 is 1.52. The second-order valence-corrected chi connectivity index (χ2v) is 4.76. The Bertz CT molecular complexity index is 743. The first-order valence-corrected chi connectivity index (χ1v) is 6.69. The molecule has 0 bridgehead atoms. The van der Waals surface area contributed by atoms with Gasteiger partial charge in [0.1, 0.15) is 11.4 Å². The maximum atomic E-state index is 5.28. The molecule has 0 saturated heterocycles. The van der Waals surface area contributed by atoms with Crippen LogP contribution in [-0.2, 0) is 0 Å². The van der Waals surface area contributed by atoms with Crippen molar-refractivity contribution in [2.24, 2.45) is 0 Å². The monoisotopic (exact) mass is 266 g/mol. The highest BCUT2D eigenvalue weighted by Crippen LogP contribution is 2.25. The summed E-state index contributed by atoms with van der Waals surface area (Å²) in [6.07, 6.45) is 8.60. The summed E-state index contributed by atoms with van der Waals surface area (Å²) in [6, 6.07) is 9.89. The number of thioether (sulfide) groups is 1. The van der Waals surface area contributed by atoms with E-state index in [-0.39, 0.29) is 0 Å². The Morgan fingerprint density at radius 2 is 2.05 bits per heavy atom. The highest BCUT2D eigenvalue weighted by molar-refractivity contribution is 7.99. The molecule has 3 aromatic rings. The summed E-state index contributed by atoms with van der Waals surface area (Å²) in [5, 5.41) is 6.17. The third-order valence-corrected chi connectivity index (χ3v) is 3.53. The molecule has 19 heavy (non-hydrogen) atoms. The van der Waals surface area contributed by atoms with E-state index in [9.17, 15) is 0 Å². The molecule has 92 valence electrons. The molecule has 0 aliphatic rings. The van der Waals surface area contributed by atoms with E-state index in [2.05, 4.69) is 21.0 Å². The van der Waals surface area contributed by atoms with Gasteiger partial charge in [-0.05, 0) is 12.1 Å². The molecule has 0 atom stereocenters. The number of para-hydroxylation sites is 1. The Balaban J connectivity index is 2.12. The minimum Gasteiger partial charge on any atom is -0.229 e. The first-order valence-electron chi connectivity index (χ1n) is 5.70. The Morgan fingerprint density at radius 3 is 2.84 bits per heavy atom. The van der Waals surface area contributed by atoms with Gasteiger partial charge in [-0.25, -0.2) is 14.6 Å². The quantitative estimate of drug-likeness (QED) is 0.415. The van der Waals surface area contributed by atoms with Gasteiger partial charge in [-0.3, -0.25) is 0 Å². The molecule has 0 amide bonds. The Kier molecular flexibility index (Phi) is 3.17. The molecular formula is C14H10N4S. The number of benzene rings is 1. The van der Waals surface area contributed by atoms with E-state index >= 15 is 0 Å². The minimum atomic E-state index is 0.586. The summed E-state index contributed by atoms with van der Waals surface area (Å²) in [4.78, 5) is 8.57. The average Bonchev–Trinajstić information content (AvgIpc) is 2.90. The van der Waals surface area contributed by atoms with E-state index in [4.69, 9.17) is 6.42 Å². The topological polar surface area (TPSA) is 43.6 Å². The van der Waals surface area contributed by atoms with Crippen molar-refractivity contribution >= 4 is 22.8 Å². The van der Waals surface area contributed by atoms with Gasteiger partial charge in [0.15, 0.2) is 5.65 Å². The highest BCUT2D eigenvalue weighted by Gasteiger charge is 2.10. The largest absolute Gasteiger partial charge is 0.229 e. The lowest BCUT2D eigenvalue weighted by Gasteiger charge is -2.02. The van der Waals surface area contributed by atoms with Gasteiger partial charge in [-0.2, -0.15) is 5.10 Å². The zero-order valence-corrected chi connectivity index (χ0v) is 10.8. The smallest absolute Gasteiger partial charge is 0.167 e. The molecule has 0 N–H and O–H groups in total. The molecule has 1 aromatic carbocycles. The van der Waals surface area contributed by atoms with Gasteiger partial charge < -0.3 is 0 Å². The standard InChI is InChI=1S/C14H10N4S/c1-2-8-19-14-12-9-17-18(13(12)15-10-16-14)11-6-4-3-5-7-11/h1,3-7,9-10H,8H2. The van der Waals surface area contributed by atoms with E-state index in [1.807, 2.05) is 30.3 Å². The molecule has 0 radical (unpaired) electrons. The van der Waals surface area contributed by atoms with Crippen molar-refractivity contribution < 1.29 is 0 Å². The molecule has 2 aromatic heterocycles. The Labute approximate surface area is 114 Å². The fourth-order valence-corrected chi connectivity index (χ4v) is 2.45. The molecule has 0 spiro atoms. The summed E-state index contributed by atoms with van der Waals surface area (Å²) < 4.78 is 1.80. The average molecular weight is 266 g/mol. The fraction of sp³-hybridized carbons (Fsp3) is 0.0714. The van der Waals surface area contributed by atoms with E-state index in [0.29, 0.717) is 5.75 Å². The Hall–Kier alpha value is -2.32. The van der Waals surface area contributed by atoms with E-state index < -0.39 is 0 Å². The lowest BCUT2D eigenvalue weighted by atomic mass is 10.3. The molecule has 5 heteroatoms.